The van der Waals surface area contributed by atoms with Crippen molar-refractivity contribution in [3.8, 4) is 5.75 Å². The number of carbonyl (C=O) groups excluding carboxylic acids is 1. The summed E-state index contributed by atoms with van der Waals surface area (Å²) in [6.45, 7) is 4.02. The largest absolute Gasteiger partial charge is 0.497 e. The van der Waals surface area contributed by atoms with Crippen LogP contribution in [0.15, 0.2) is 24.3 Å². The third-order valence-corrected chi connectivity index (χ3v) is 4.60. The van der Waals surface area contributed by atoms with E-state index in [0.717, 1.165) is 38.3 Å². The maximum Gasteiger partial charge on any atom is 0.217 e. The van der Waals surface area contributed by atoms with E-state index in [-0.39, 0.29) is 11.9 Å². The van der Waals surface area contributed by atoms with E-state index >= 15 is 0 Å². The number of fused-ring (bicyclic) bond motifs is 2. The first-order valence-corrected chi connectivity index (χ1v) is 7.89. The van der Waals surface area contributed by atoms with Crippen LogP contribution in [0.2, 0.25) is 0 Å². The van der Waals surface area contributed by atoms with E-state index in [1.165, 1.54) is 5.56 Å². The summed E-state index contributed by atoms with van der Waals surface area (Å²) in [6, 6.07) is 9.29. The fourth-order valence-corrected chi connectivity index (χ4v) is 3.59. The molecule has 0 saturated carbocycles. The van der Waals surface area contributed by atoms with Gasteiger partial charge in [0, 0.05) is 31.6 Å². The number of benzene rings is 1. The van der Waals surface area contributed by atoms with Gasteiger partial charge in [0.05, 0.1) is 20.3 Å². The van der Waals surface area contributed by atoms with Gasteiger partial charge in [0.15, 0.2) is 0 Å². The van der Waals surface area contributed by atoms with E-state index in [2.05, 4.69) is 22.3 Å². The molecule has 2 unspecified atom stereocenters. The maximum atomic E-state index is 11.3. The van der Waals surface area contributed by atoms with Crippen LogP contribution in [0.3, 0.4) is 0 Å². The van der Waals surface area contributed by atoms with Crippen molar-refractivity contribution >= 4 is 5.91 Å². The van der Waals surface area contributed by atoms with Crippen LogP contribution in [-0.2, 0) is 16.1 Å². The van der Waals surface area contributed by atoms with Crippen molar-refractivity contribution in [2.24, 2.45) is 0 Å². The van der Waals surface area contributed by atoms with Crippen LogP contribution in [0, 0.1) is 0 Å². The Morgan fingerprint density at radius 2 is 1.91 bits per heavy atom. The number of rotatable bonds is 4. The molecule has 0 radical (unpaired) electrons. The first-order chi connectivity index (χ1) is 10.7. The summed E-state index contributed by atoms with van der Waals surface area (Å²) in [7, 11) is 1.68. The lowest BCUT2D eigenvalue weighted by atomic mass is 9.89. The highest BCUT2D eigenvalue weighted by atomic mass is 16.5. The zero-order valence-electron chi connectivity index (χ0n) is 13.2. The lowest BCUT2D eigenvalue weighted by Gasteiger charge is -2.48. The summed E-state index contributed by atoms with van der Waals surface area (Å²) in [4.78, 5) is 13.8. The third-order valence-electron chi connectivity index (χ3n) is 4.60. The van der Waals surface area contributed by atoms with Crippen LogP contribution in [0.5, 0.6) is 5.75 Å². The highest BCUT2D eigenvalue weighted by molar-refractivity contribution is 5.73. The van der Waals surface area contributed by atoms with Gasteiger partial charge < -0.3 is 14.8 Å². The number of nitrogens with one attached hydrogen (secondary N) is 1. The van der Waals surface area contributed by atoms with Crippen LogP contribution in [0.1, 0.15) is 25.3 Å². The number of nitrogens with zero attached hydrogens (tertiary/aromatic N) is 1. The molecule has 0 aliphatic carbocycles. The molecule has 2 fully saturated rings. The monoisotopic (exact) mass is 304 g/mol. The Morgan fingerprint density at radius 1 is 1.27 bits per heavy atom. The molecule has 0 spiro atoms. The molecule has 5 nitrogen and oxygen atoms in total. The predicted molar refractivity (Wildman–Crippen MR) is 83.8 cm³/mol. The van der Waals surface area contributed by atoms with Gasteiger partial charge in [-0.1, -0.05) is 12.1 Å². The molecule has 120 valence electrons. The summed E-state index contributed by atoms with van der Waals surface area (Å²) in [6.07, 6.45) is 1.93. The predicted octanol–water partition coefficient (Wildman–Crippen LogP) is 1.56. The lowest BCUT2D eigenvalue weighted by Crippen LogP contribution is -2.60. The van der Waals surface area contributed by atoms with Crippen molar-refractivity contribution in [3.63, 3.8) is 0 Å². The normalized spacial score (nSPS) is 28.2. The molecule has 2 aliphatic heterocycles. The van der Waals surface area contributed by atoms with Crippen LogP contribution >= 0.6 is 0 Å². The fraction of sp³-hybridized carbons (Fsp3) is 0.588. The molecule has 5 heteroatoms. The molecule has 3 rings (SSSR count). The van der Waals surface area contributed by atoms with Crippen molar-refractivity contribution in [1.82, 2.24) is 10.2 Å². The fourth-order valence-electron chi connectivity index (χ4n) is 3.59. The Morgan fingerprint density at radius 3 is 2.45 bits per heavy atom. The van der Waals surface area contributed by atoms with Gasteiger partial charge in [-0.15, -0.1) is 0 Å². The Bertz CT molecular complexity index is 503. The number of ether oxygens (including phenoxy) is 2. The van der Waals surface area contributed by atoms with Gasteiger partial charge in [-0.2, -0.15) is 0 Å². The zero-order valence-corrected chi connectivity index (χ0v) is 13.2. The number of piperidine rings is 1. The average molecular weight is 304 g/mol. The number of morpholine rings is 1. The standard InChI is InChI=1S/C17H24N2O3/c1-12(20)18-14-7-15-10-22-11-16(8-14)19(15)9-13-3-5-17(21-2)6-4-13/h3-6,14-16H,7-11H2,1-2H3,(H,18,20). The summed E-state index contributed by atoms with van der Waals surface area (Å²) in [5, 5.41) is 3.07. The van der Waals surface area contributed by atoms with Crippen molar-refractivity contribution in [2.75, 3.05) is 20.3 Å². The Balaban J connectivity index is 1.67. The summed E-state index contributed by atoms with van der Waals surface area (Å²) < 4.78 is 10.9. The SMILES string of the molecule is COc1ccc(CN2C3COCC2CC(NC(C)=O)C3)cc1. The molecule has 2 saturated heterocycles. The summed E-state index contributed by atoms with van der Waals surface area (Å²) >= 11 is 0. The number of methoxy groups -OCH3 is 1. The summed E-state index contributed by atoms with van der Waals surface area (Å²) in [5.41, 5.74) is 1.29. The highest BCUT2D eigenvalue weighted by Crippen LogP contribution is 2.29. The van der Waals surface area contributed by atoms with Crippen LogP contribution in [0.25, 0.3) is 0 Å². The number of hydrogen-bond donors (Lipinski definition) is 1. The van der Waals surface area contributed by atoms with Crippen molar-refractivity contribution in [3.05, 3.63) is 29.8 Å². The van der Waals surface area contributed by atoms with Crippen LogP contribution in [0.4, 0.5) is 0 Å². The molecule has 1 amide bonds. The van der Waals surface area contributed by atoms with Gasteiger partial charge in [0.25, 0.3) is 0 Å². The second-order valence-electron chi connectivity index (χ2n) is 6.23. The van der Waals surface area contributed by atoms with Crippen LogP contribution < -0.4 is 10.1 Å². The second kappa shape index (κ2) is 6.67. The molecule has 22 heavy (non-hydrogen) atoms. The first kappa shape index (κ1) is 15.3. The molecule has 1 N–H and O–H groups in total. The van der Waals surface area contributed by atoms with E-state index in [9.17, 15) is 4.79 Å². The van der Waals surface area contributed by atoms with E-state index in [4.69, 9.17) is 9.47 Å². The molecule has 2 aliphatic rings. The number of carbonyl (C=O) groups is 1. The smallest absolute Gasteiger partial charge is 0.217 e. The molecule has 1 aromatic rings. The topological polar surface area (TPSA) is 50.8 Å². The Labute approximate surface area is 131 Å². The van der Waals surface area contributed by atoms with Gasteiger partial charge in [-0.3, -0.25) is 9.69 Å². The Kier molecular flexibility index (Phi) is 4.64. The number of hydrogen-bond acceptors (Lipinski definition) is 4. The van der Waals surface area contributed by atoms with Gasteiger partial charge in [0.1, 0.15) is 5.75 Å². The van der Waals surface area contributed by atoms with Crippen molar-refractivity contribution in [2.45, 2.75) is 44.4 Å². The molecule has 2 bridgehead atoms. The quantitative estimate of drug-likeness (QED) is 0.917. The average Bonchev–Trinajstić information content (AvgIpc) is 2.48. The Hall–Kier alpha value is -1.59. The minimum atomic E-state index is 0.0626. The van der Waals surface area contributed by atoms with E-state index < -0.39 is 0 Å². The number of amides is 1. The van der Waals surface area contributed by atoms with E-state index in [0.29, 0.717) is 12.1 Å². The minimum Gasteiger partial charge on any atom is -0.497 e. The van der Waals surface area contributed by atoms with Crippen LogP contribution in [-0.4, -0.2) is 49.3 Å². The van der Waals surface area contributed by atoms with Gasteiger partial charge >= 0.3 is 0 Å². The van der Waals surface area contributed by atoms with E-state index in [1.54, 1.807) is 14.0 Å². The molecule has 0 aromatic heterocycles. The molecule has 2 heterocycles. The van der Waals surface area contributed by atoms with Gasteiger partial charge in [0.2, 0.25) is 5.91 Å². The molecular weight excluding hydrogens is 280 g/mol. The van der Waals surface area contributed by atoms with Crippen molar-refractivity contribution in [1.29, 1.82) is 0 Å². The second-order valence-corrected chi connectivity index (χ2v) is 6.23. The van der Waals surface area contributed by atoms with Gasteiger partial charge in [-0.25, -0.2) is 0 Å². The highest BCUT2D eigenvalue weighted by Gasteiger charge is 2.39. The van der Waals surface area contributed by atoms with Crippen molar-refractivity contribution < 1.29 is 14.3 Å². The minimum absolute atomic E-state index is 0.0626. The third kappa shape index (κ3) is 3.42. The molecule has 2 atom stereocenters. The molecule has 1 aromatic carbocycles. The zero-order chi connectivity index (χ0) is 15.5. The molecular formula is C17H24N2O3. The lowest BCUT2D eigenvalue weighted by molar-refractivity contribution is -0.122. The van der Waals surface area contributed by atoms with Gasteiger partial charge in [-0.05, 0) is 30.5 Å². The first-order valence-electron chi connectivity index (χ1n) is 7.89. The van der Waals surface area contributed by atoms with E-state index in [1.807, 2.05) is 12.1 Å². The maximum absolute atomic E-state index is 11.3. The summed E-state index contributed by atoms with van der Waals surface area (Å²) in [5.74, 6) is 0.948.